The molecule has 1 aromatic heterocycles. The maximum absolute atomic E-state index is 9.73. The van der Waals surface area contributed by atoms with Gasteiger partial charge >= 0.3 is 0 Å². The SMILES string of the molecule is OC[C@H]1O[C@@H](c2ccc(-c3ccc(Cl)cc3)o2)C[C@@H]1O. The van der Waals surface area contributed by atoms with Crippen LogP contribution in [0.15, 0.2) is 40.8 Å². The Kier molecular flexibility index (Phi) is 3.81. The molecule has 20 heavy (non-hydrogen) atoms. The molecule has 0 unspecified atom stereocenters. The second-order valence-corrected chi connectivity index (χ2v) is 5.29. The van der Waals surface area contributed by atoms with Crippen LogP contribution in [0.25, 0.3) is 11.3 Å². The highest BCUT2D eigenvalue weighted by atomic mass is 35.5. The van der Waals surface area contributed by atoms with Gasteiger partial charge in [-0.2, -0.15) is 0 Å². The first kappa shape index (κ1) is 13.6. The molecule has 0 aliphatic carbocycles. The predicted octanol–water partition coefficient (Wildman–Crippen LogP) is 2.78. The largest absolute Gasteiger partial charge is 0.458 e. The van der Waals surface area contributed by atoms with E-state index in [0.717, 1.165) is 11.3 Å². The lowest BCUT2D eigenvalue weighted by Crippen LogP contribution is -2.24. The van der Waals surface area contributed by atoms with Gasteiger partial charge in [-0.05, 0) is 36.4 Å². The number of hydrogen-bond acceptors (Lipinski definition) is 4. The third kappa shape index (κ3) is 2.60. The van der Waals surface area contributed by atoms with E-state index in [4.69, 9.17) is 25.9 Å². The minimum atomic E-state index is -0.658. The maximum atomic E-state index is 9.73. The number of hydrogen-bond donors (Lipinski definition) is 2. The van der Waals surface area contributed by atoms with Crippen LogP contribution in [0.1, 0.15) is 18.3 Å². The molecule has 1 aromatic carbocycles. The summed E-state index contributed by atoms with van der Waals surface area (Å²) >= 11 is 5.85. The molecule has 5 heteroatoms. The predicted molar refractivity (Wildman–Crippen MR) is 74.5 cm³/mol. The zero-order valence-corrected chi connectivity index (χ0v) is 11.5. The van der Waals surface area contributed by atoms with Crippen LogP contribution in [0.3, 0.4) is 0 Å². The van der Waals surface area contributed by atoms with Gasteiger partial charge in [-0.25, -0.2) is 0 Å². The van der Waals surface area contributed by atoms with Gasteiger partial charge in [0.1, 0.15) is 23.7 Å². The van der Waals surface area contributed by atoms with Gasteiger partial charge in [0, 0.05) is 17.0 Å². The highest BCUT2D eigenvalue weighted by Crippen LogP contribution is 2.35. The van der Waals surface area contributed by atoms with Crippen LogP contribution in [-0.2, 0) is 4.74 Å². The van der Waals surface area contributed by atoms with Crippen molar-refractivity contribution in [1.29, 1.82) is 0 Å². The van der Waals surface area contributed by atoms with E-state index < -0.39 is 12.2 Å². The summed E-state index contributed by atoms with van der Waals surface area (Å²) in [5, 5.41) is 19.5. The summed E-state index contributed by atoms with van der Waals surface area (Å²) in [6, 6.07) is 11.1. The van der Waals surface area contributed by atoms with Crippen molar-refractivity contribution in [2.45, 2.75) is 24.7 Å². The van der Waals surface area contributed by atoms with Crippen LogP contribution in [0, 0.1) is 0 Å². The fourth-order valence-electron chi connectivity index (χ4n) is 2.37. The van der Waals surface area contributed by atoms with Crippen molar-refractivity contribution in [3.8, 4) is 11.3 Å². The van der Waals surface area contributed by atoms with Gasteiger partial charge in [0.25, 0.3) is 0 Å². The Bertz CT molecular complexity index is 578. The fourth-order valence-corrected chi connectivity index (χ4v) is 2.50. The smallest absolute Gasteiger partial charge is 0.134 e. The normalized spacial score (nSPS) is 26.1. The molecule has 0 radical (unpaired) electrons. The van der Waals surface area contributed by atoms with Gasteiger partial charge < -0.3 is 19.4 Å². The number of benzene rings is 1. The third-order valence-electron chi connectivity index (χ3n) is 3.48. The van der Waals surface area contributed by atoms with Crippen molar-refractivity contribution in [1.82, 2.24) is 0 Å². The first-order valence-electron chi connectivity index (χ1n) is 6.47. The van der Waals surface area contributed by atoms with E-state index >= 15 is 0 Å². The quantitative estimate of drug-likeness (QED) is 0.914. The average molecular weight is 295 g/mol. The fraction of sp³-hybridized carbons (Fsp3) is 0.333. The second kappa shape index (κ2) is 5.58. The minimum Gasteiger partial charge on any atom is -0.458 e. The van der Waals surface area contributed by atoms with Crippen molar-refractivity contribution in [3.05, 3.63) is 47.2 Å². The molecule has 0 spiro atoms. The monoisotopic (exact) mass is 294 g/mol. The Hall–Kier alpha value is -1.33. The van der Waals surface area contributed by atoms with E-state index in [1.165, 1.54) is 0 Å². The van der Waals surface area contributed by atoms with Gasteiger partial charge in [-0.15, -0.1) is 0 Å². The molecule has 0 amide bonds. The Balaban J connectivity index is 1.79. The lowest BCUT2D eigenvalue weighted by Gasteiger charge is -2.10. The number of furan rings is 1. The molecule has 0 saturated carbocycles. The van der Waals surface area contributed by atoms with Gasteiger partial charge in [-0.1, -0.05) is 11.6 Å². The molecule has 3 atom stereocenters. The van der Waals surface area contributed by atoms with Crippen LogP contribution >= 0.6 is 11.6 Å². The Morgan fingerprint density at radius 2 is 1.90 bits per heavy atom. The van der Waals surface area contributed by atoms with Crippen LogP contribution in [0.2, 0.25) is 5.02 Å². The van der Waals surface area contributed by atoms with E-state index in [0.29, 0.717) is 17.2 Å². The molecule has 0 bridgehead atoms. The number of rotatable bonds is 3. The van der Waals surface area contributed by atoms with Crippen LogP contribution in [-0.4, -0.2) is 29.0 Å². The van der Waals surface area contributed by atoms with E-state index in [9.17, 15) is 5.11 Å². The molecule has 1 aliphatic rings. The molecule has 3 rings (SSSR count). The molecular formula is C15H15ClO4. The molecule has 1 fully saturated rings. The Labute approximate surface area is 121 Å². The molecule has 1 saturated heterocycles. The maximum Gasteiger partial charge on any atom is 0.134 e. The summed E-state index contributed by atoms with van der Waals surface area (Å²) in [5.74, 6) is 1.38. The molecular weight excluding hydrogens is 280 g/mol. The summed E-state index contributed by atoms with van der Waals surface area (Å²) in [6.45, 7) is -0.192. The van der Waals surface area contributed by atoms with Crippen molar-refractivity contribution in [3.63, 3.8) is 0 Å². The van der Waals surface area contributed by atoms with Gasteiger partial charge in [0.15, 0.2) is 0 Å². The van der Waals surface area contributed by atoms with Crippen LogP contribution in [0.4, 0.5) is 0 Å². The van der Waals surface area contributed by atoms with Crippen LogP contribution < -0.4 is 0 Å². The average Bonchev–Trinajstić information content (AvgIpc) is 3.06. The highest BCUT2D eigenvalue weighted by molar-refractivity contribution is 6.30. The summed E-state index contributed by atoms with van der Waals surface area (Å²) in [5.41, 5.74) is 0.929. The van der Waals surface area contributed by atoms with E-state index in [1.807, 2.05) is 24.3 Å². The van der Waals surface area contributed by atoms with E-state index in [2.05, 4.69) is 0 Å². The first-order chi connectivity index (χ1) is 9.67. The third-order valence-corrected chi connectivity index (χ3v) is 3.73. The van der Waals surface area contributed by atoms with Gasteiger partial charge in [0.2, 0.25) is 0 Å². The molecule has 2 N–H and O–H groups in total. The minimum absolute atomic E-state index is 0.192. The number of aliphatic hydroxyl groups excluding tert-OH is 2. The van der Waals surface area contributed by atoms with Crippen molar-refractivity contribution < 1.29 is 19.4 Å². The zero-order chi connectivity index (χ0) is 14.1. The van der Waals surface area contributed by atoms with Crippen LogP contribution in [0.5, 0.6) is 0 Å². The van der Waals surface area contributed by atoms with Crippen molar-refractivity contribution >= 4 is 11.6 Å². The van der Waals surface area contributed by atoms with E-state index in [1.54, 1.807) is 12.1 Å². The Morgan fingerprint density at radius 1 is 1.15 bits per heavy atom. The first-order valence-corrected chi connectivity index (χ1v) is 6.85. The summed E-state index contributed by atoms with van der Waals surface area (Å²) in [4.78, 5) is 0. The number of halogens is 1. The number of aliphatic hydroxyl groups is 2. The van der Waals surface area contributed by atoms with Gasteiger partial charge in [-0.3, -0.25) is 0 Å². The lowest BCUT2D eigenvalue weighted by molar-refractivity contribution is -0.0275. The van der Waals surface area contributed by atoms with Gasteiger partial charge in [0.05, 0.1) is 12.7 Å². The molecule has 2 aromatic rings. The lowest BCUT2D eigenvalue weighted by atomic mass is 10.1. The van der Waals surface area contributed by atoms with E-state index in [-0.39, 0.29) is 12.7 Å². The van der Waals surface area contributed by atoms with Crippen molar-refractivity contribution in [2.75, 3.05) is 6.61 Å². The highest BCUT2D eigenvalue weighted by Gasteiger charge is 2.35. The molecule has 4 nitrogen and oxygen atoms in total. The topological polar surface area (TPSA) is 62.8 Å². The molecule has 2 heterocycles. The molecule has 1 aliphatic heterocycles. The molecule has 106 valence electrons. The summed E-state index contributed by atoms with van der Waals surface area (Å²) < 4.78 is 11.3. The standard InChI is InChI=1S/C15H15ClO4/c16-10-3-1-9(2-4-10)12-5-6-13(19-12)14-7-11(18)15(8-17)20-14/h1-6,11,14-15,17-18H,7-8H2/t11-,14+,15+/m0/s1. The Morgan fingerprint density at radius 3 is 2.55 bits per heavy atom. The zero-order valence-electron chi connectivity index (χ0n) is 10.7. The summed E-state index contributed by atoms with van der Waals surface area (Å²) in [7, 11) is 0. The number of ether oxygens (including phenoxy) is 1. The van der Waals surface area contributed by atoms with Crippen molar-refractivity contribution in [2.24, 2.45) is 0 Å². The second-order valence-electron chi connectivity index (χ2n) is 4.86. The summed E-state index contributed by atoms with van der Waals surface area (Å²) in [6.07, 6.45) is -1.08.